The Kier molecular flexibility index (Phi) is 4.33. The topological polar surface area (TPSA) is 64.8 Å². The molecule has 0 bridgehead atoms. The highest BCUT2D eigenvalue weighted by Crippen LogP contribution is 2.27. The molecule has 0 saturated carbocycles. The third-order valence-electron chi connectivity index (χ3n) is 3.00. The molecule has 0 fully saturated rings. The summed E-state index contributed by atoms with van der Waals surface area (Å²) in [5, 5.41) is 0. The van der Waals surface area contributed by atoms with E-state index in [0.29, 0.717) is 22.7 Å². The summed E-state index contributed by atoms with van der Waals surface area (Å²) in [6.07, 6.45) is 0. The summed E-state index contributed by atoms with van der Waals surface area (Å²) < 4.78 is 10.5. The van der Waals surface area contributed by atoms with Crippen molar-refractivity contribution >= 4 is 17.3 Å². The van der Waals surface area contributed by atoms with Gasteiger partial charge in [-0.1, -0.05) is 6.07 Å². The molecule has 2 aromatic rings. The molecule has 2 rings (SSSR count). The second kappa shape index (κ2) is 6.17. The Hall–Kier alpha value is -2.69. The molecule has 21 heavy (non-hydrogen) atoms. The smallest absolute Gasteiger partial charge is 0.340 e. The molecule has 0 aliphatic heterocycles. The molecule has 5 nitrogen and oxygen atoms in total. The van der Waals surface area contributed by atoms with Gasteiger partial charge in [-0.25, -0.2) is 4.79 Å². The SMILES string of the molecule is COC(=O)c1cc(Oc2cccc(N(C)C)c2)ccc1N. The van der Waals surface area contributed by atoms with Crippen LogP contribution in [0.3, 0.4) is 0 Å². The van der Waals surface area contributed by atoms with Crippen molar-refractivity contribution in [3.05, 3.63) is 48.0 Å². The lowest BCUT2D eigenvalue weighted by Gasteiger charge is -2.14. The van der Waals surface area contributed by atoms with Crippen LogP contribution in [0.25, 0.3) is 0 Å². The van der Waals surface area contributed by atoms with Gasteiger partial charge in [-0.15, -0.1) is 0 Å². The van der Waals surface area contributed by atoms with E-state index in [2.05, 4.69) is 0 Å². The predicted octanol–water partition coefficient (Wildman–Crippen LogP) is 2.91. The van der Waals surface area contributed by atoms with E-state index in [0.717, 1.165) is 5.69 Å². The molecule has 0 radical (unpaired) electrons. The Labute approximate surface area is 123 Å². The number of hydrogen-bond donors (Lipinski definition) is 1. The van der Waals surface area contributed by atoms with Crippen molar-refractivity contribution in [1.29, 1.82) is 0 Å². The fourth-order valence-corrected chi connectivity index (χ4v) is 1.85. The first-order valence-corrected chi connectivity index (χ1v) is 6.44. The number of ether oxygens (including phenoxy) is 2. The lowest BCUT2D eigenvalue weighted by atomic mass is 10.1. The third kappa shape index (κ3) is 3.45. The Morgan fingerprint density at radius 2 is 1.81 bits per heavy atom. The van der Waals surface area contributed by atoms with Crippen LogP contribution in [-0.2, 0) is 4.74 Å². The van der Waals surface area contributed by atoms with Crippen LogP contribution in [0.15, 0.2) is 42.5 Å². The number of rotatable bonds is 4. The van der Waals surface area contributed by atoms with Gasteiger partial charge in [-0.2, -0.15) is 0 Å². The van der Waals surface area contributed by atoms with Gasteiger partial charge in [0.25, 0.3) is 0 Å². The number of carbonyl (C=O) groups is 1. The zero-order chi connectivity index (χ0) is 15.4. The van der Waals surface area contributed by atoms with E-state index >= 15 is 0 Å². The molecular weight excluding hydrogens is 268 g/mol. The number of benzene rings is 2. The van der Waals surface area contributed by atoms with Gasteiger partial charge >= 0.3 is 5.97 Å². The van der Waals surface area contributed by atoms with Gasteiger partial charge in [0.1, 0.15) is 11.5 Å². The quantitative estimate of drug-likeness (QED) is 0.691. The Morgan fingerprint density at radius 1 is 1.10 bits per heavy atom. The number of anilines is 2. The number of methoxy groups -OCH3 is 1. The van der Waals surface area contributed by atoms with E-state index in [9.17, 15) is 4.79 Å². The predicted molar refractivity (Wildman–Crippen MR) is 83.0 cm³/mol. The fourth-order valence-electron chi connectivity index (χ4n) is 1.85. The zero-order valence-corrected chi connectivity index (χ0v) is 12.3. The van der Waals surface area contributed by atoms with Gasteiger partial charge in [0, 0.05) is 31.5 Å². The number of nitrogen functional groups attached to an aromatic ring is 1. The molecule has 2 N–H and O–H groups in total. The third-order valence-corrected chi connectivity index (χ3v) is 3.00. The Bertz CT molecular complexity index is 654. The van der Waals surface area contributed by atoms with E-state index in [1.54, 1.807) is 18.2 Å². The average molecular weight is 286 g/mol. The summed E-state index contributed by atoms with van der Waals surface area (Å²) in [5.74, 6) is 0.724. The summed E-state index contributed by atoms with van der Waals surface area (Å²) in [6, 6.07) is 12.6. The van der Waals surface area contributed by atoms with Crippen LogP contribution in [0.4, 0.5) is 11.4 Å². The van der Waals surface area contributed by atoms with Crippen LogP contribution < -0.4 is 15.4 Å². The number of nitrogens with two attached hydrogens (primary N) is 1. The molecule has 0 spiro atoms. The Balaban J connectivity index is 2.27. The standard InChI is InChI=1S/C16H18N2O3/c1-18(2)11-5-4-6-12(9-11)21-13-7-8-15(17)14(10-13)16(19)20-3/h4-10H,17H2,1-3H3. The fraction of sp³-hybridized carbons (Fsp3) is 0.188. The van der Waals surface area contributed by atoms with E-state index in [4.69, 9.17) is 15.2 Å². The second-order valence-corrected chi connectivity index (χ2v) is 4.73. The van der Waals surface area contributed by atoms with Crippen molar-refractivity contribution in [2.24, 2.45) is 0 Å². The molecule has 0 aliphatic rings. The van der Waals surface area contributed by atoms with Gasteiger partial charge in [0.05, 0.1) is 12.7 Å². The van der Waals surface area contributed by atoms with Gasteiger partial charge in [0.15, 0.2) is 0 Å². The number of esters is 1. The van der Waals surface area contributed by atoms with Crippen molar-refractivity contribution in [2.45, 2.75) is 0 Å². The van der Waals surface area contributed by atoms with Crippen molar-refractivity contribution in [2.75, 3.05) is 31.8 Å². The Morgan fingerprint density at radius 3 is 2.48 bits per heavy atom. The largest absolute Gasteiger partial charge is 0.465 e. The first kappa shape index (κ1) is 14.7. The van der Waals surface area contributed by atoms with Crippen LogP contribution in [0.1, 0.15) is 10.4 Å². The lowest BCUT2D eigenvalue weighted by Crippen LogP contribution is -2.08. The average Bonchev–Trinajstić information content (AvgIpc) is 2.48. The van der Waals surface area contributed by atoms with Crippen molar-refractivity contribution in [3.63, 3.8) is 0 Å². The van der Waals surface area contributed by atoms with E-state index in [1.807, 2.05) is 43.3 Å². The molecule has 5 heteroatoms. The highest BCUT2D eigenvalue weighted by Gasteiger charge is 2.11. The van der Waals surface area contributed by atoms with E-state index in [-0.39, 0.29) is 0 Å². The highest BCUT2D eigenvalue weighted by molar-refractivity contribution is 5.95. The molecule has 2 aromatic carbocycles. The first-order chi connectivity index (χ1) is 10.0. The van der Waals surface area contributed by atoms with E-state index in [1.165, 1.54) is 7.11 Å². The molecule has 0 unspecified atom stereocenters. The second-order valence-electron chi connectivity index (χ2n) is 4.73. The van der Waals surface area contributed by atoms with Crippen LogP contribution >= 0.6 is 0 Å². The summed E-state index contributed by atoms with van der Waals surface area (Å²) in [5.41, 5.74) is 7.43. The van der Waals surface area contributed by atoms with Gasteiger partial charge < -0.3 is 20.1 Å². The summed E-state index contributed by atoms with van der Waals surface area (Å²) in [4.78, 5) is 13.6. The van der Waals surface area contributed by atoms with E-state index < -0.39 is 5.97 Å². The van der Waals surface area contributed by atoms with Crippen molar-refractivity contribution in [1.82, 2.24) is 0 Å². The summed E-state index contributed by atoms with van der Waals surface area (Å²) >= 11 is 0. The zero-order valence-electron chi connectivity index (χ0n) is 12.3. The minimum atomic E-state index is -0.486. The monoisotopic (exact) mass is 286 g/mol. The normalized spacial score (nSPS) is 10.0. The van der Waals surface area contributed by atoms with Gasteiger partial charge in [-0.3, -0.25) is 0 Å². The molecular formula is C16H18N2O3. The molecule has 0 heterocycles. The minimum absolute atomic E-state index is 0.291. The van der Waals surface area contributed by atoms with Gasteiger partial charge in [0.2, 0.25) is 0 Å². The maximum absolute atomic E-state index is 11.6. The molecule has 0 aliphatic carbocycles. The minimum Gasteiger partial charge on any atom is -0.465 e. The first-order valence-electron chi connectivity index (χ1n) is 6.44. The molecule has 0 amide bonds. The van der Waals surface area contributed by atoms with Gasteiger partial charge in [-0.05, 0) is 30.3 Å². The maximum atomic E-state index is 11.6. The molecule has 0 atom stereocenters. The van der Waals surface area contributed by atoms with Crippen LogP contribution in [0.5, 0.6) is 11.5 Å². The van der Waals surface area contributed by atoms with Crippen LogP contribution in [-0.4, -0.2) is 27.2 Å². The van der Waals surface area contributed by atoms with Crippen molar-refractivity contribution < 1.29 is 14.3 Å². The van der Waals surface area contributed by atoms with Crippen LogP contribution in [0.2, 0.25) is 0 Å². The molecule has 110 valence electrons. The molecule has 0 saturated heterocycles. The number of nitrogens with zero attached hydrogens (tertiary/aromatic N) is 1. The van der Waals surface area contributed by atoms with Crippen LogP contribution in [0, 0.1) is 0 Å². The summed E-state index contributed by atoms with van der Waals surface area (Å²) in [6.45, 7) is 0. The summed E-state index contributed by atoms with van der Waals surface area (Å²) in [7, 11) is 5.23. The maximum Gasteiger partial charge on any atom is 0.340 e. The highest BCUT2D eigenvalue weighted by atomic mass is 16.5. The van der Waals surface area contributed by atoms with Crippen molar-refractivity contribution in [3.8, 4) is 11.5 Å². The number of hydrogen-bond acceptors (Lipinski definition) is 5. The number of carbonyl (C=O) groups excluding carboxylic acids is 1. The molecule has 0 aromatic heterocycles. The lowest BCUT2D eigenvalue weighted by molar-refractivity contribution is 0.0601.